The summed E-state index contributed by atoms with van der Waals surface area (Å²) in [5.74, 6) is 0. The molecule has 0 spiro atoms. The minimum absolute atomic E-state index is 0.203. The van der Waals surface area contributed by atoms with Crippen molar-refractivity contribution in [3.8, 4) is 0 Å². The van der Waals surface area contributed by atoms with Gasteiger partial charge in [0.15, 0.2) is 0 Å². The Morgan fingerprint density at radius 3 is 1.23 bits per heavy atom. The van der Waals surface area contributed by atoms with Gasteiger partial charge in [0.25, 0.3) is 0 Å². The minimum atomic E-state index is 0.203. The van der Waals surface area contributed by atoms with Crippen LogP contribution in [0.5, 0.6) is 0 Å². The van der Waals surface area contributed by atoms with Gasteiger partial charge in [0.1, 0.15) is 0 Å². The van der Waals surface area contributed by atoms with Gasteiger partial charge in [-0.3, -0.25) is 10.6 Å². The van der Waals surface area contributed by atoms with Crippen molar-refractivity contribution in [2.24, 2.45) is 0 Å². The standard InChI is InChI=1S/C18H45N7O/c1-16(2)24-18(25-17(3)4)15-23-12-11-21-8-7-19-5-6-20-9-10-22-13-14-26/h16-26H,5-15H2,1-4H3. The predicted molar refractivity (Wildman–Crippen MR) is 112 cm³/mol. The van der Waals surface area contributed by atoms with Gasteiger partial charge < -0.3 is 31.7 Å². The Kier molecular flexibility index (Phi) is 19.2. The third-order valence-corrected chi connectivity index (χ3v) is 3.62. The molecule has 0 aliphatic heterocycles. The van der Waals surface area contributed by atoms with E-state index in [0.717, 1.165) is 58.9 Å². The Hall–Kier alpha value is -0.320. The summed E-state index contributed by atoms with van der Waals surface area (Å²) in [6.45, 7) is 18.2. The summed E-state index contributed by atoms with van der Waals surface area (Å²) in [6.07, 6.45) is 0.308. The molecule has 8 N–H and O–H groups in total. The molecule has 0 saturated heterocycles. The Balaban J connectivity index is 3.31. The van der Waals surface area contributed by atoms with Crippen LogP contribution in [-0.4, -0.2) is 95.4 Å². The molecule has 0 atom stereocenters. The summed E-state index contributed by atoms with van der Waals surface area (Å²) in [5, 5.41) is 32.6. The van der Waals surface area contributed by atoms with Gasteiger partial charge in [-0.2, -0.15) is 0 Å². The first kappa shape index (κ1) is 25.7. The second-order valence-corrected chi connectivity index (χ2v) is 7.12. The van der Waals surface area contributed by atoms with Crippen molar-refractivity contribution in [3.05, 3.63) is 0 Å². The molecule has 8 heteroatoms. The number of aliphatic hydroxyl groups excluding tert-OH is 1. The molecule has 0 bridgehead atoms. The zero-order valence-electron chi connectivity index (χ0n) is 17.5. The highest BCUT2D eigenvalue weighted by Crippen LogP contribution is 1.86. The van der Waals surface area contributed by atoms with E-state index in [0.29, 0.717) is 24.8 Å². The van der Waals surface area contributed by atoms with Gasteiger partial charge in [0.05, 0.1) is 12.8 Å². The van der Waals surface area contributed by atoms with E-state index < -0.39 is 0 Å². The molecule has 0 fully saturated rings. The summed E-state index contributed by atoms with van der Waals surface area (Å²) >= 11 is 0. The quantitative estimate of drug-likeness (QED) is 0.0936. The van der Waals surface area contributed by atoms with E-state index in [4.69, 9.17) is 5.11 Å². The normalized spacial score (nSPS) is 12.0. The topological polar surface area (TPSA) is 104 Å². The van der Waals surface area contributed by atoms with E-state index in [1.54, 1.807) is 0 Å². The Morgan fingerprint density at radius 1 is 0.538 bits per heavy atom. The van der Waals surface area contributed by atoms with Crippen LogP contribution in [0.15, 0.2) is 0 Å². The van der Waals surface area contributed by atoms with E-state index in [2.05, 4.69) is 64.9 Å². The highest BCUT2D eigenvalue weighted by Gasteiger charge is 2.09. The van der Waals surface area contributed by atoms with Gasteiger partial charge in [-0.1, -0.05) is 0 Å². The number of hydrogen-bond donors (Lipinski definition) is 8. The fourth-order valence-electron chi connectivity index (χ4n) is 2.50. The summed E-state index contributed by atoms with van der Waals surface area (Å²) in [7, 11) is 0. The molecule has 0 unspecified atom stereocenters. The fourth-order valence-corrected chi connectivity index (χ4v) is 2.50. The van der Waals surface area contributed by atoms with E-state index in [1.807, 2.05) is 0 Å². The van der Waals surface area contributed by atoms with Crippen molar-refractivity contribution >= 4 is 0 Å². The van der Waals surface area contributed by atoms with Crippen molar-refractivity contribution in [1.82, 2.24) is 37.2 Å². The third-order valence-electron chi connectivity index (χ3n) is 3.62. The first-order valence-electron chi connectivity index (χ1n) is 10.2. The first-order chi connectivity index (χ1) is 12.6. The highest BCUT2D eigenvalue weighted by atomic mass is 16.3. The van der Waals surface area contributed by atoms with Crippen molar-refractivity contribution < 1.29 is 5.11 Å². The van der Waals surface area contributed by atoms with E-state index >= 15 is 0 Å². The maximum absolute atomic E-state index is 8.64. The Bertz CT molecular complexity index is 270. The zero-order valence-corrected chi connectivity index (χ0v) is 17.5. The molecule has 0 aromatic carbocycles. The Morgan fingerprint density at radius 2 is 0.885 bits per heavy atom. The molecule has 0 aliphatic carbocycles. The number of hydrogen-bond acceptors (Lipinski definition) is 8. The fraction of sp³-hybridized carbons (Fsp3) is 1.00. The van der Waals surface area contributed by atoms with Gasteiger partial charge in [-0.15, -0.1) is 0 Å². The molecule has 0 radical (unpaired) electrons. The molecule has 0 aromatic heterocycles. The summed E-state index contributed by atoms with van der Waals surface area (Å²) < 4.78 is 0. The minimum Gasteiger partial charge on any atom is -0.395 e. The van der Waals surface area contributed by atoms with E-state index in [9.17, 15) is 0 Å². The summed E-state index contributed by atoms with van der Waals surface area (Å²) in [6, 6.07) is 0.951. The number of nitrogens with one attached hydrogen (secondary N) is 7. The van der Waals surface area contributed by atoms with Crippen LogP contribution in [0.2, 0.25) is 0 Å². The lowest BCUT2D eigenvalue weighted by Crippen LogP contribution is -2.53. The molecular weight excluding hydrogens is 330 g/mol. The van der Waals surface area contributed by atoms with Crippen LogP contribution >= 0.6 is 0 Å². The number of aliphatic hydroxyl groups is 1. The smallest absolute Gasteiger partial charge is 0.0704 e. The van der Waals surface area contributed by atoms with Gasteiger partial charge in [-0.05, 0) is 27.7 Å². The summed E-state index contributed by atoms with van der Waals surface area (Å²) in [5.41, 5.74) is 0. The monoisotopic (exact) mass is 375 g/mol. The molecule has 0 amide bonds. The predicted octanol–water partition coefficient (Wildman–Crippen LogP) is -1.75. The lowest BCUT2D eigenvalue weighted by molar-refractivity contribution is 0.292. The van der Waals surface area contributed by atoms with Crippen molar-refractivity contribution in [2.45, 2.75) is 45.9 Å². The molecule has 26 heavy (non-hydrogen) atoms. The number of rotatable bonds is 20. The average Bonchev–Trinajstić information content (AvgIpc) is 2.57. The van der Waals surface area contributed by atoms with Crippen LogP contribution in [-0.2, 0) is 0 Å². The zero-order chi connectivity index (χ0) is 19.5. The van der Waals surface area contributed by atoms with Gasteiger partial charge in [0, 0.05) is 77.5 Å². The second kappa shape index (κ2) is 19.4. The highest BCUT2D eigenvalue weighted by molar-refractivity contribution is 4.72. The SMILES string of the molecule is CC(C)NC(CNCCNCCNCCNCCNCCO)NC(C)C. The van der Waals surface area contributed by atoms with Crippen LogP contribution < -0.4 is 37.2 Å². The molecule has 8 nitrogen and oxygen atoms in total. The molecule has 0 heterocycles. The lowest BCUT2D eigenvalue weighted by Gasteiger charge is -2.25. The molecule has 158 valence electrons. The maximum atomic E-state index is 8.64. The molecule has 0 aliphatic rings. The molecule has 0 aromatic rings. The van der Waals surface area contributed by atoms with Gasteiger partial charge >= 0.3 is 0 Å². The third kappa shape index (κ3) is 20.0. The summed E-state index contributed by atoms with van der Waals surface area (Å²) in [4.78, 5) is 0. The first-order valence-corrected chi connectivity index (χ1v) is 10.2. The Labute approximate surface area is 161 Å². The van der Waals surface area contributed by atoms with Crippen molar-refractivity contribution in [1.29, 1.82) is 0 Å². The largest absolute Gasteiger partial charge is 0.395 e. The average molecular weight is 376 g/mol. The van der Waals surface area contributed by atoms with Crippen LogP contribution in [0.4, 0.5) is 0 Å². The van der Waals surface area contributed by atoms with E-state index in [1.165, 1.54) is 0 Å². The van der Waals surface area contributed by atoms with E-state index in [-0.39, 0.29) is 6.61 Å². The van der Waals surface area contributed by atoms with Crippen LogP contribution in [0.25, 0.3) is 0 Å². The molecule has 0 rings (SSSR count). The molecular formula is C18H45N7O. The van der Waals surface area contributed by atoms with Crippen molar-refractivity contribution in [2.75, 3.05) is 72.1 Å². The second-order valence-electron chi connectivity index (χ2n) is 7.12. The van der Waals surface area contributed by atoms with Crippen LogP contribution in [0, 0.1) is 0 Å². The maximum Gasteiger partial charge on any atom is 0.0704 e. The van der Waals surface area contributed by atoms with Crippen LogP contribution in [0.1, 0.15) is 27.7 Å². The molecule has 0 saturated carbocycles. The van der Waals surface area contributed by atoms with Gasteiger partial charge in [-0.25, -0.2) is 0 Å². The van der Waals surface area contributed by atoms with Crippen LogP contribution in [0.3, 0.4) is 0 Å². The lowest BCUT2D eigenvalue weighted by atomic mass is 10.3. The van der Waals surface area contributed by atoms with Crippen molar-refractivity contribution in [3.63, 3.8) is 0 Å². The van der Waals surface area contributed by atoms with Gasteiger partial charge in [0.2, 0.25) is 0 Å².